The van der Waals surface area contributed by atoms with Crippen LogP contribution in [0, 0.1) is 5.82 Å². The molecule has 1 aliphatic rings. The molecule has 6 nitrogen and oxygen atoms in total. The fourth-order valence-corrected chi connectivity index (χ4v) is 4.62. The molecule has 0 unspecified atom stereocenters. The number of hydrogen-bond acceptors (Lipinski definition) is 4. The van der Waals surface area contributed by atoms with Crippen LogP contribution in [0.5, 0.6) is 0 Å². The Labute approximate surface area is 165 Å². The molecule has 0 aliphatic carbocycles. The van der Waals surface area contributed by atoms with Gasteiger partial charge in [-0.3, -0.25) is 9.69 Å². The van der Waals surface area contributed by atoms with Gasteiger partial charge < -0.3 is 5.32 Å². The van der Waals surface area contributed by atoms with Crippen molar-refractivity contribution in [3.8, 4) is 0 Å². The fraction of sp³-hybridized carbons (Fsp3) is 0.350. The molecule has 1 fully saturated rings. The van der Waals surface area contributed by atoms with Gasteiger partial charge in [0.15, 0.2) is 0 Å². The van der Waals surface area contributed by atoms with Gasteiger partial charge in [0.05, 0.1) is 17.5 Å². The van der Waals surface area contributed by atoms with Crippen LogP contribution in [0.25, 0.3) is 0 Å². The quantitative estimate of drug-likeness (QED) is 0.798. The van der Waals surface area contributed by atoms with Gasteiger partial charge in [-0.05, 0) is 36.8 Å². The van der Waals surface area contributed by atoms with Crippen molar-refractivity contribution in [2.75, 3.05) is 32.7 Å². The van der Waals surface area contributed by atoms with E-state index in [1.807, 2.05) is 42.2 Å². The number of rotatable bonds is 6. The summed E-state index contributed by atoms with van der Waals surface area (Å²) in [6, 6.07) is 14.4. The normalized spacial score (nSPS) is 17.2. The molecule has 0 saturated carbocycles. The monoisotopic (exact) mass is 405 g/mol. The van der Waals surface area contributed by atoms with Gasteiger partial charge in [-0.1, -0.05) is 30.3 Å². The van der Waals surface area contributed by atoms with Gasteiger partial charge in [-0.15, -0.1) is 0 Å². The average Bonchev–Trinajstić information content (AvgIpc) is 2.69. The summed E-state index contributed by atoms with van der Waals surface area (Å²) in [6.45, 7) is 3.67. The van der Waals surface area contributed by atoms with Crippen molar-refractivity contribution >= 4 is 15.9 Å². The SMILES string of the molecule is C[C@@H](NC(=O)CN1CCN(S(=O)(=O)c2ccc(F)cc2)CC1)c1ccccc1. The smallest absolute Gasteiger partial charge is 0.243 e. The van der Waals surface area contributed by atoms with Crippen LogP contribution in [0.2, 0.25) is 0 Å². The van der Waals surface area contributed by atoms with Crippen LogP contribution >= 0.6 is 0 Å². The highest BCUT2D eigenvalue weighted by Crippen LogP contribution is 2.18. The second-order valence-corrected chi connectivity index (χ2v) is 8.77. The zero-order chi connectivity index (χ0) is 20.1. The van der Waals surface area contributed by atoms with E-state index in [2.05, 4.69) is 5.32 Å². The summed E-state index contributed by atoms with van der Waals surface area (Å²) in [5.74, 6) is -0.564. The van der Waals surface area contributed by atoms with Crippen LogP contribution in [-0.4, -0.2) is 56.3 Å². The molecule has 2 aromatic rings. The van der Waals surface area contributed by atoms with Gasteiger partial charge in [0.2, 0.25) is 15.9 Å². The molecule has 0 aromatic heterocycles. The Hall–Kier alpha value is -2.29. The summed E-state index contributed by atoms with van der Waals surface area (Å²) >= 11 is 0. The lowest BCUT2D eigenvalue weighted by Gasteiger charge is -2.33. The third-order valence-corrected chi connectivity index (χ3v) is 6.74. The van der Waals surface area contributed by atoms with Gasteiger partial charge in [0.1, 0.15) is 5.82 Å². The van der Waals surface area contributed by atoms with E-state index in [-0.39, 0.29) is 23.4 Å². The molecule has 2 aromatic carbocycles. The maximum absolute atomic E-state index is 13.0. The van der Waals surface area contributed by atoms with Crippen molar-refractivity contribution in [2.24, 2.45) is 0 Å². The Bertz CT molecular complexity index is 896. The highest BCUT2D eigenvalue weighted by atomic mass is 32.2. The molecular formula is C20H24FN3O3S. The van der Waals surface area contributed by atoms with Crippen LogP contribution in [0.4, 0.5) is 4.39 Å². The van der Waals surface area contributed by atoms with E-state index in [9.17, 15) is 17.6 Å². The summed E-state index contributed by atoms with van der Waals surface area (Å²) in [6.07, 6.45) is 0. The third-order valence-electron chi connectivity index (χ3n) is 4.83. The van der Waals surface area contributed by atoms with Crippen LogP contribution in [0.1, 0.15) is 18.5 Å². The molecule has 1 aliphatic heterocycles. The minimum absolute atomic E-state index is 0.0804. The summed E-state index contributed by atoms with van der Waals surface area (Å²) in [5, 5.41) is 2.97. The first-order chi connectivity index (χ1) is 13.4. The van der Waals surface area contributed by atoms with E-state index >= 15 is 0 Å². The number of nitrogens with zero attached hydrogens (tertiary/aromatic N) is 2. The summed E-state index contributed by atoms with van der Waals surface area (Å²) in [5.41, 5.74) is 1.03. The summed E-state index contributed by atoms with van der Waals surface area (Å²) < 4.78 is 39.7. The first-order valence-electron chi connectivity index (χ1n) is 9.18. The van der Waals surface area contributed by atoms with Crippen molar-refractivity contribution < 1.29 is 17.6 Å². The van der Waals surface area contributed by atoms with E-state index < -0.39 is 15.8 Å². The minimum atomic E-state index is -3.65. The topological polar surface area (TPSA) is 69.7 Å². The molecular weight excluding hydrogens is 381 g/mol. The Balaban J connectivity index is 1.51. The third kappa shape index (κ3) is 4.95. The maximum atomic E-state index is 13.0. The largest absolute Gasteiger partial charge is 0.348 e. The van der Waals surface area contributed by atoms with E-state index in [0.29, 0.717) is 26.2 Å². The lowest BCUT2D eigenvalue weighted by molar-refractivity contribution is -0.123. The number of nitrogens with one attached hydrogen (secondary N) is 1. The van der Waals surface area contributed by atoms with Gasteiger partial charge in [-0.2, -0.15) is 4.31 Å². The standard InChI is InChI=1S/C20H24FN3O3S/c1-16(17-5-3-2-4-6-17)22-20(25)15-23-11-13-24(14-12-23)28(26,27)19-9-7-18(21)8-10-19/h2-10,16H,11-15H2,1H3,(H,22,25)/t16-/m1/s1. The first kappa shape index (κ1) is 20.4. The molecule has 1 saturated heterocycles. The molecule has 1 amide bonds. The van der Waals surface area contributed by atoms with E-state index in [4.69, 9.17) is 0 Å². The zero-order valence-corrected chi connectivity index (χ0v) is 16.5. The number of sulfonamides is 1. The molecule has 8 heteroatoms. The minimum Gasteiger partial charge on any atom is -0.348 e. The summed E-state index contributed by atoms with van der Waals surface area (Å²) in [7, 11) is -3.65. The molecule has 0 bridgehead atoms. The van der Waals surface area contributed by atoms with Crippen LogP contribution in [0.15, 0.2) is 59.5 Å². The van der Waals surface area contributed by atoms with Crippen molar-refractivity contribution in [2.45, 2.75) is 17.9 Å². The number of carbonyl (C=O) groups is 1. The first-order valence-corrected chi connectivity index (χ1v) is 10.6. The molecule has 3 rings (SSSR count). The van der Waals surface area contributed by atoms with Crippen LogP contribution in [-0.2, 0) is 14.8 Å². The van der Waals surface area contributed by atoms with Crippen LogP contribution < -0.4 is 5.32 Å². The van der Waals surface area contributed by atoms with Crippen molar-refractivity contribution in [1.29, 1.82) is 0 Å². The molecule has 0 spiro atoms. The highest BCUT2D eigenvalue weighted by molar-refractivity contribution is 7.89. The van der Waals surface area contributed by atoms with E-state index in [1.54, 1.807) is 0 Å². The number of amides is 1. The number of hydrogen-bond donors (Lipinski definition) is 1. The number of carbonyl (C=O) groups excluding carboxylic acids is 1. The van der Waals surface area contributed by atoms with Crippen molar-refractivity contribution in [1.82, 2.24) is 14.5 Å². The maximum Gasteiger partial charge on any atom is 0.243 e. The molecule has 1 N–H and O–H groups in total. The van der Waals surface area contributed by atoms with Gasteiger partial charge >= 0.3 is 0 Å². The predicted molar refractivity (Wildman–Crippen MR) is 105 cm³/mol. The lowest BCUT2D eigenvalue weighted by atomic mass is 10.1. The molecule has 0 radical (unpaired) electrons. The Morgan fingerprint density at radius 1 is 1.04 bits per heavy atom. The molecule has 28 heavy (non-hydrogen) atoms. The molecule has 1 heterocycles. The number of halogens is 1. The van der Waals surface area contributed by atoms with Gasteiger partial charge in [0, 0.05) is 26.2 Å². The van der Waals surface area contributed by atoms with Crippen molar-refractivity contribution in [3.05, 3.63) is 66.0 Å². The predicted octanol–water partition coefficient (Wildman–Crippen LogP) is 2.01. The van der Waals surface area contributed by atoms with E-state index in [1.165, 1.54) is 16.4 Å². The van der Waals surface area contributed by atoms with Gasteiger partial charge in [-0.25, -0.2) is 12.8 Å². The summed E-state index contributed by atoms with van der Waals surface area (Å²) in [4.78, 5) is 14.3. The second-order valence-electron chi connectivity index (χ2n) is 6.83. The van der Waals surface area contributed by atoms with Crippen LogP contribution in [0.3, 0.4) is 0 Å². The fourth-order valence-electron chi connectivity index (χ4n) is 3.20. The Morgan fingerprint density at radius 2 is 1.64 bits per heavy atom. The van der Waals surface area contributed by atoms with Crippen molar-refractivity contribution in [3.63, 3.8) is 0 Å². The molecule has 150 valence electrons. The van der Waals surface area contributed by atoms with E-state index in [0.717, 1.165) is 17.7 Å². The zero-order valence-electron chi connectivity index (χ0n) is 15.7. The van der Waals surface area contributed by atoms with Gasteiger partial charge in [0.25, 0.3) is 0 Å². The lowest BCUT2D eigenvalue weighted by Crippen LogP contribution is -2.51. The Kier molecular flexibility index (Phi) is 6.43. The number of benzene rings is 2. The highest BCUT2D eigenvalue weighted by Gasteiger charge is 2.29. The Morgan fingerprint density at radius 3 is 2.25 bits per heavy atom. The second kappa shape index (κ2) is 8.81. The average molecular weight is 405 g/mol. The number of piperazine rings is 1. The molecule has 1 atom stereocenters.